The molecule has 0 bridgehead atoms. The maximum absolute atomic E-state index is 12.7. The number of rotatable bonds is 8. The van der Waals surface area contributed by atoms with Crippen molar-refractivity contribution in [1.82, 2.24) is 0 Å². The van der Waals surface area contributed by atoms with Crippen molar-refractivity contribution in [2.24, 2.45) is 0 Å². The molecule has 0 radical (unpaired) electrons. The predicted molar refractivity (Wildman–Crippen MR) is 79.5 cm³/mol. The summed E-state index contributed by atoms with van der Waals surface area (Å²) in [5.74, 6) is 2.58. The van der Waals surface area contributed by atoms with E-state index >= 15 is 0 Å². The van der Waals surface area contributed by atoms with Gasteiger partial charge in [0.2, 0.25) is 0 Å². The third-order valence-electron chi connectivity index (χ3n) is 2.59. The van der Waals surface area contributed by atoms with Crippen LogP contribution in [0.25, 0.3) is 5.31 Å². The third-order valence-corrected chi connectivity index (χ3v) is 4.69. The molecule has 116 valence electrons. The second-order valence-electron chi connectivity index (χ2n) is 3.89. The molecule has 0 heterocycles. The molecule has 1 aromatic carbocycles. The molecule has 0 amide bonds. The number of hydrogen-bond acceptors (Lipinski definition) is 6. The molecule has 0 saturated carbocycles. The normalized spacial score (nSPS) is 10.9. The lowest BCUT2D eigenvalue weighted by atomic mass is 10.2. The Morgan fingerprint density at radius 1 is 1.05 bits per heavy atom. The molecule has 0 aromatic heterocycles. The summed E-state index contributed by atoms with van der Waals surface area (Å²) in [5.41, 5.74) is 0.325. The van der Waals surface area contributed by atoms with Gasteiger partial charge in [-0.1, -0.05) is 0 Å². The summed E-state index contributed by atoms with van der Waals surface area (Å²) in [4.78, 5) is 11.3. The van der Waals surface area contributed by atoms with Gasteiger partial charge in [-0.3, -0.25) is 4.57 Å². The highest BCUT2D eigenvalue weighted by Crippen LogP contribution is 2.59. The zero-order valence-electron chi connectivity index (χ0n) is 12.5. The number of ether oxygens (including phenoxy) is 2. The van der Waals surface area contributed by atoms with Gasteiger partial charge in [-0.15, -0.1) is 0 Å². The fraction of sp³-hybridized carbons (Fsp3) is 0.429. The topological polar surface area (TPSA) is 71.1 Å². The van der Waals surface area contributed by atoms with Gasteiger partial charge in [-0.25, -0.2) is 4.79 Å². The van der Waals surface area contributed by atoms with Crippen molar-refractivity contribution in [3.63, 3.8) is 0 Å². The van der Waals surface area contributed by atoms with Crippen LogP contribution < -0.4 is 9.47 Å². The van der Waals surface area contributed by atoms with E-state index in [0.717, 1.165) is 0 Å². The number of hydrogen-bond donors (Lipinski definition) is 0. The summed E-state index contributed by atoms with van der Waals surface area (Å²) < 4.78 is 33.3. The van der Waals surface area contributed by atoms with Gasteiger partial charge in [0.15, 0.2) is 5.31 Å². The van der Waals surface area contributed by atoms with Crippen LogP contribution in [0.1, 0.15) is 19.4 Å². The summed E-state index contributed by atoms with van der Waals surface area (Å²) in [6.07, 6.45) is 0. The molecule has 0 atom stereocenters. The molecule has 1 aromatic rings. The quantitative estimate of drug-likeness (QED) is 0.542. The molecule has 0 saturated heterocycles. The summed E-state index contributed by atoms with van der Waals surface area (Å²) >= 11 is 0. The van der Waals surface area contributed by atoms with Gasteiger partial charge in [0, 0.05) is 11.6 Å². The van der Waals surface area contributed by atoms with E-state index in [-0.39, 0.29) is 18.5 Å². The van der Waals surface area contributed by atoms with E-state index in [0.29, 0.717) is 17.1 Å². The second-order valence-corrected chi connectivity index (χ2v) is 5.84. The van der Waals surface area contributed by atoms with Crippen LogP contribution in [0, 0.1) is 0 Å². The highest BCUT2D eigenvalue weighted by Gasteiger charge is 2.33. The van der Waals surface area contributed by atoms with Gasteiger partial charge in [0.25, 0.3) is 0 Å². The lowest BCUT2D eigenvalue weighted by Gasteiger charge is -2.18. The molecule has 0 fully saturated rings. The van der Waals surface area contributed by atoms with Gasteiger partial charge < -0.3 is 18.5 Å². The highest BCUT2D eigenvalue weighted by atomic mass is 31.2. The predicted octanol–water partition coefficient (Wildman–Crippen LogP) is 3.14. The Balaban J connectivity index is 3.39. The zero-order chi connectivity index (χ0) is 15.9. The molecule has 7 heteroatoms. The van der Waals surface area contributed by atoms with Gasteiger partial charge in [0.1, 0.15) is 17.4 Å². The van der Waals surface area contributed by atoms with Crippen LogP contribution in [-0.4, -0.2) is 33.4 Å². The Labute approximate surface area is 124 Å². The zero-order valence-corrected chi connectivity index (χ0v) is 13.4. The van der Waals surface area contributed by atoms with Crippen molar-refractivity contribution in [1.29, 1.82) is 0 Å². The first-order valence-electron chi connectivity index (χ1n) is 6.42. The number of carbonyl (C=O) groups excluding carboxylic acids is 1. The molecule has 21 heavy (non-hydrogen) atoms. The van der Waals surface area contributed by atoms with Crippen LogP contribution in [0.2, 0.25) is 0 Å². The molecular formula is C14H19O6P. The Hall–Kier alpha value is -1.58. The molecule has 0 aliphatic rings. The van der Waals surface area contributed by atoms with Gasteiger partial charge in [-0.05, 0) is 26.0 Å². The lowest BCUT2D eigenvalue weighted by molar-refractivity contribution is 0.231. The van der Waals surface area contributed by atoms with Crippen LogP contribution in [0.4, 0.5) is 0 Å². The first kappa shape index (κ1) is 17.5. The summed E-state index contributed by atoms with van der Waals surface area (Å²) in [7, 11) is -0.771. The monoisotopic (exact) mass is 314 g/mol. The number of benzene rings is 1. The van der Waals surface area contributed by atoms with E-state index in [1.807, 2.05) is 0 Å². The van der Waals surface area contributed by atoms with Crippen LogP contribution in [0.5, 0.6) is 11.5 Å². The van der Waals surface area contributed by atoms with E-state index in [1.165, 1.54) is 14.2 Å². The average molecular weight is 314 g/mol. The molecule has 0 N–H and O–H groups in total. The lowest BCUT2D eigenvalue weighted by Crippen LogP contribution is -2.00. The van der Waals surface area contributed by atoms with Gasteiger partial charge in [0.05, 0.1) is 27.4 Å². The third kappa shape index (κ3) is 4.19. The summed E-state index contributed by atoms with van der Waals surface area (Å²) in [6, 6.07) is 4.74. The minimum absolute atomic E-state index is 0.142. The maximum atomic E-state index is 12.7. The number of methoxy groups -OCH3 is 2. The fourth-order valence-electron chi connectivity index (χ4n) is 1.72. The SMILES string of the molecule is CCOP(=O)(OCC)C(=C=O)c1cc(OC)cc(OC)c1. The summed E-state index contributed by atoms with van der Waals surface area (Å²) in [5, 5.41) is -0.177. The van der Waals surface area contributed by atoms with Crippen LogP contribution in [-0.2, 0) is 18.4 Å². The van der Waals surface area contributed by atoms with Crippen LogP contribution in [0.3, 0.4) is 0 Å². The largest absolute Gasteiger partial charge is 0.497 e. The van der Waals surface area contributed by atoms with Crippen molar-refractivity contribution < 1.29 is 27.9 Å². The fourth-order valence-corrected chi connectivity index (χ4v) is 3.29. The Morgan fingerprint density at radius 2 is 1.52 bits per heavy atom. The van der Waals surface area contributed by atoms with Crippen molar-refractivity contribution in [3.05, 3.63) is 23.8 Å². The minimum atomic E-state index is -3.73. The van der Waals surface area contributed by atoms with E-state index in [2.05, 4.69) is 0 Å². The molecule has 0 spiro atoms. The van der Waals surface area contributed by atoms with Crippen LogP contribution >= 0.6 is 7.60 Å². The highest BCUT2D eigenvalue weighted by molar-refractivity contribution is 7.65. The van der Waals surface area contributed by atoms with Gasteiger partial charge >= 0.3 is 7.60 Å². The molecular weight excluding hydrogens is 295 g/mol. The van der Waals surface area contributed by atoms with E-state index in [9.17, 15) is 9.36 Å². The van der Waals surface area contributed by atoms with Crippen molar-refractivity contribution in [2.75, 3.05) is 27.4 Å². The second kappa shape index (κ2) is 8.01. The Bertz CT molecular complexity index is 545. The minimum Gasteiger partial charge on any atom is -0.497 e. The Morgan fingerprint density at radius 3 is 1.86 bits per heavy atom. The smallest absolute Gasteiger partial charge is 0.372 e. The maximum Gasteiger partial charge on any atom is 0.372 e. The van der Waals surface area contributed by atoms with Crippen molar-refractivity contribution in [3.8, 4) is 11.5 Å². The molecule has 1 rings (SSSR count). The molecule has 0 unspecified atom stereocenters. The first-order valence-corrected chi connectivity index (χ1v) is 7.97. The molecule has 6 nitrogen and oxygen atoms in total. The van der Waals surface area contributed by atoms with Crippen molar-refractivity contribution in [2.45, 2.75) is 13.8 Å². The van der Waals surface area contributed by atoms with E-state index in [4.69, 9.17) is 18.5 Å². The van der Waals surface area contributed by atoms with E-state index < -0.39 is 7.60 Å². The van der Waals surface area contributed by atoms with Crippen molar-refractivity contribution >= 4 is 18.9 Å². The summed E-state index contributed by atoms with van der Waals surface area (Å²) in [6.45, 7) is 3.62. The average Bonchev–Trinajstić information content (AvgIpc) is 2.47. The standard InChI is InChI=1S/C14H19O6P/c1-5-19-21(16,20-6-2)14(10-15)11-7-12(17-3)9-13(8-11)18-4/h7-9H,5-6H2,1-4H3. The van der Waals surface area contributed by atoms with Crippen LogP contribution in [0.15, 0.2) is 18.2 Å². The van der Waals surface area contributed by atoms with Gasteiger partial charge in [-0.2, -0.15) is 0 Å². The first-order chi connectivity index (χ1) is 10.0. The Kier molecular flexibility index (Phi) is 6.66. The molecule has 0 aliphatic carbocycles. The molecule has 0 aliphatic heterocycles. The van der Waals surface area contributed by atoms with E-state index in [1.54, 1.807) is 38.0 Å².